The Morgan fingerprint density at radius 3 is 2.68 bits per heavy atom. The van der Waals surface area contributed by atoms with Crippen LogP contribution in [-0.4, -0.2) is 30.4 Å². The maximum atomic E-state index is 12.0. The van der Waals surface area contributed by atoms with Gasteiger partial charge in [-0.25, -0.2) is 4.79 Å². The summed E-state index contributed by atoms with van der Waals surface area (Å²) < 4.78 is 5.17. The zero-order valence-corrected chi connectivity index (χ0v) is 11.7. The van der Waals surface area contributed by atoms with Crippen LogP contribution in [0.5, 0.6) is 5.75 Å². The fourth-order valence-corrected chi connectivity index (χ4v) is 1.75. The fourth-order valence-electron chi connectivity index (χ4n) is 1.75. The summed E-state index contributed by atoms with van der Waals surface area (Å²) in [6.07, 6.45) is 1.26. The van der Waals surface area contributed by atoms with Gasteiger partial charge in [0.2, 0.25) is 0 Å². The summed E-state index contributed by atoms with van der Waals surface area (Å²) in [4.78, 5) is 12.0. The molecular weight excluding hydrogens is 244 g/mol. The second-order valence-electron chi connectivity index (χ2n) is 4.67. The lowest BCUT2D eigenvalue weighted by Crippen LogP contribution is -2.48. The van der Waals surface area contributed by atoms with Crippen molar-refractivity contribution in [2.45, 2.75) is 32.2 Å². The summed E-state index contributed by atoms with van der Waals surface area (Å²) in [5, 5.41) is 14.7. The number of amides is 2. The molecular formula is C14H22N2O3. The highest BCUT2D eigenvalue weighted by Gasteiger charge is 2.23. The van der Waals surface area contributed by atoms with E-state index in [9.17, 15) is 4.79 Å². The molecule has 0 spiro atoms. The molecule has 1 aromatic rings. The molecule has 0 aliphatic carbocycles. The van der Waals surface area contributed by atoms with Crippen molar-refractivity contribution >= 4 is 11.7 Å². The number of hydrogen-bond donors (Lipinski definition) is 3. The molecule has 5 nitrogen and oxygen atoms in total. The van der Waals surface area contributed by atoms with E-state index >= 15 is 0 Å². The van der Waals surface area contributed by atoms with Crippen molar-refractivity contribution in [2.75, 3.05) is 19.0 Å². The summed E-state index contributed by atoms with van der Waals surface area (Å²) in [6.45, 7) is 3.92. The van der Waals surface area contributed by atoms with E-state index in [0.717, 1.165) is 6.42 Å². The first-order chi connectivity index (χ1) is 9.04. The molecule has 0 aliphatic rings. The van der Waals surface area contributed by atoms with Crippen LogP contribution >= 0.6 is 0 Å². The molecule has 0 heterocycles. The first-order valence-electron chi connectivity index (χ1n) is 6.37. The van der Waals surface area contributed by atoms with Gasteiger partial charge >= 0.3 is 6.03 Å². The van der Waals surface area contributed by atoms with Crippen LogP contribution in [0.4, 0.5) is 10.5 Å². The Kier molecular flexibility index (Phi) is 5.63. The van der Waals surface area contributed by atoms with E-state index in [1.54, 1.807) is 19.2 Å². The van der Waals surface area contributed by atoms with E-state index in [4.69, 9.17) is 9.84 Å². The lowest BCUT2D eigenvalue weighted by atomic mass is 9.95. The highest BCUT2D eigenvalue weighted by molar-refractivity contribution is 5.91. The topological polar surface area (TPSA) is 70.6 Å². The minimum absolute atomic E-state index is 0.0410. The van der Waals surface area contributed by atoms with Crippen molar-refractivity contribution in [3.05, 3.63) is 24.3 Å². The maximum Gasteiger partial charge on any atom is 0.319 e. The van der Waals surface area contributed by atoms with Gasteiger partial charge in [-0.2, -0.15) is 0 Å². The Balaban J connectivity index is 2.69. The van der Waals surface area contributed by atoms with Gasteiger partial charge in [0.25, 0.3) is 0 Å². The van der Waals surface area contributed by atoms with Crippen LogP contribution in [0.15, 0.2) is 24.3 Å². The number of carbonyl (C=O) groups excluding carboxylic acids is 1. The Morgan fingerprint density at radius 1 is 1.42 bits per heavy atom. The number of para-hydroxylation sites is 2. The van der Waals surface area contributed by atoms with Crippen LogP contribution in [0.25, 0.3) is 0 Å². The molecule has 19 heavy (non-hydrogen) atoms. The summed E-state index contributed by atoms with van der Waals surface area (Å²) in [6, 6.07) is 6.91. The molecule has 0 saturated carbocycles. The summed E-state index contributed by atoms with van der Waals surface area (Å²) in [5.74, 6) is 0.609. The van der Waals surface area contributed by atoms with Crippen LogP contribution < -0.4 is 15.4 Å². The predicted octanol–water partition coefficient (Wildman–Crippen LogP) is 2.37. The van der Waals surface area contributed by atoms with Crippen molar-refractivity contribution in [3.63, 3.8) is 0 Å². The number of benzene rings is 1. The van der Waals surface area contributed by atoms with Gasteiger partial charge in [-0.15, -0.1) is 0 Å². The van der Waals surface area contributed by atoms with Gasteiger partial charge in [-0.3, -0.25) is 0 Å². The molecule has 106 valence electrons. The highest BCUT2D eigenvalue weighted by atomic mass is 16.5. The number of ether oxygens (including phenoxy) is 1. The van der Waals surface area contributed by atoms with Crippen LogP contribution in [0.2, 0.25) is 0 Å². The molecule has 0 aliphatic heterocycles. The van der Waals surface area contributed by atoms with E-state index in [2.05, 4.69) is 10.6 Å². The average molecular weight is 266 g/mol. The second kappa shape index (κ2) is 6.99. The Bertz CT molecular complexity index is 423. The van der Waals surface area contributed by atoms with Gasteiger partial charge in [0.05, 0.1) is 12.8 Å². The largest absolute Gasteiger partial charge is 0.495 e. The minimum atomic E-state index is -0.416. The normalized spacial score (nSPS) is 13.5. The number of rotatable bonds is 6. The number of nitrogens with one attached hydrogen (secondary N) is 2. The smallest absolute Gasteiger partial charge is 0.319 e. The van der Waals surface area contributed by atoms with Gasteiger partial charge in [-0.1, -0.05) is 19.1 Å². The lowest BCUT2D eigenvalue weighted by Gasteiger charge is -2.29. The molecule has 0 bridgehead atoms. The first kappa shape index (κ1) is 15.3. The van der Waals surface area contributed by atoms with E-state index < -0.39 is 5.54 Å². The second-order valence-corrected chi connectivity index (χ2v) is 4.67. The highest BCUT2D eigenvalue weighted by Crippen LogP contribution is 2.23. The molecule has 1 atom stereocenters. The molecule has 1 aromatic carbocycles. The number of hydrogen-bond acceptors (Lipinski definition) is 3. The van der Waals surface area contributed by atoms with Gasteiger partial charge in [0.15, 0.2) is 0 Å². The zero-order valence-electron chi connectivity index (χ0n) is 11.7. The quantitative estimate of drug-likeness (QED) is 0.740. The minimum Gasteiger partial charge on any atom is -0.495 e. The van der Waals surface area contributed by atoms with E-state index in [0.29, 0.717) is 17.9 Å². The molecule has 1 rings (SSSR count). The van der Waals surface area contributed by atoms with Crippen molar-refractivity contribution in [1.29, 1.82) is 0 Å². The van der Waals surface area contributed by atoms with Gasteiger partial charge in [0.1, 0.15) is 5.75 Å². The first-order valence-corrected chi connectivity index (χ1v) is 6.37. The van der Waals surface area contributed by atoms with Crippen molar-refractivity contribution < 1.29 is 14.6 Å². The van der Waals surface area contributed by atoms with Gasteiger partial charge in [-0.05, 0) is 31.9 Å². The zero-order chi connectivity index (χ0) is 14.3. The Morgan fingerprint density at radius 2 is 2.11 bits per heavy atom. The van der Waals surface area contributed by atoms with Crippen molar-refractivity contribution in [1.82, 2.24) is 5.32 Å². The Labute approximate surface area is 114 Å². The molecule has 0 radical (unpaired) electrons. The van der Waals surface area contributed by atoms with E-state index in [-0.39, 0.29) is 12.6 Å². The third-order valence-electron chi connectivity index (χ3n) is 3.21. The van der Waals surface area contributed by atoms with Crippen molar-refractivity contribution in [2.24, 2.45) is 0 Å². The number of carbonyl (C=O) groups is 1. The monoisotopic (exact) mass is 266 g/mol. The van der Waals surface area contributed by atoms with E-state index in [1.807, 2.05) is 26.0 Å². The van der Waals surface area contributed by atoms with Crippen molar-refractivity contribution in [3.8, 4) is 5.75 Å². The number of anilines is 1. The van der Waals surface area contributed by atoms with E-state index in [1.165, 1.54) is 0 Å². The molecule has 5 heteroatoms. The molecule has 0 saturated heterocycles. The van der Waals surface area contributed by atoms with Crippen LogP contribution in [0.3, 0.4) is 0 Å². The van der Waals surface area contributed by atoms with Gasteiger partial charge < -0.3 is 20.5 Å². The summed E-state index contributed by atoms with van der Waals surface area (Å²) in [5.41, 5.74) is 0.200. The standard InChI is InChI=1S/C14H22N2O3/c1-4-14(2,9-10-17)16-13(18)15-11-7-5-6-8-12(11)19-3/h5-8,17H,4,9-10H2,1-3H3,(H2,15,16,18). The predicted molar refractivity (Wildman–Crippen MR) is 75.5 cm³/mol. The number of aliphatic hydroxyl groups is 1. The summed E-state index contributed by atoms with van der Waals surface area (Å²) in [7, 11) is 1.56. The average Bonchev–Trinajstić information content (AvgIpc) is 2.39. The molecule has 1 unspecified atom stereocenters. The summed E-state index contributed by atoms with van der Waals surface area (Å²) >= 11 is 0. The fraction of sp³-hybridized carbons (Fsp3) is 0.500. The van der Waals surface area contributed by atoms with Gasteiger partial charge in [0, 0.05) is 12.1 Å². The molecule has 0 fully saturated rings. The number of methoxy groups -OCH3 is 1. The third-order valence-corrected chi connectivity index (χ3v) is 3.21. The molecule has 2 amide bonds. The van der Waals surface area contributed by atoms with Crippen LogP contribution in [-0.2, 0) is 0 Å². The Hall–Kier alpha value is -1.75. The van der Waals surface area contributed by atoms with Crippen LogP contribution in [0.1, 0.15) is 26.7 Å². The maximum absolute atomic E-state index is 12.0. The van der Waals surface area contributed by atoms with Crippen LogP contribution in [0, 0.1) is 0 Å². The lowest BCUT2D eigenvalue weighted by molar-refractivity contribution is 0.208. The third kappa shape index (κ3) is 4.44. The SMILES string of the molecule is CCC(C)(CCO)NC(=O)Nc1ccccc1OC. The number of urea groups is 1. The number of aliphatic hydroxyl groups excluding tert-OH is 1. The molecule has 0 aromatic heterocycles. The molecule has 3 N–H and O–H groups in total.